The topological polar surface area (TPSA) is 89.3 Å². The molecule has 0 unspecified atom stereocenters. The molecule has 0 aliphatic carbocycles. The summed E-state index contributed by atoms with van der Waals surface area (Å²) in [7, 11) is -3.40. The van der Waals surface area contributed by atoms with Crippen LogP contribution in [0.15, 0.2) is 52.9 Å². The Balaban J connectivity index is 1.68. The van der Waals surface area contributed by atoms with Crippen molar-refractivity contribution in [2.24, 2.45) is 5.92 Å². The first-order valence-electron chi connectivity index (χ1n) is 8.29. The second kappa shape index (κ2) is 7.29. The van der Waals surface area contributed by atoms with Gasteiger partial charge in [0.05, 0.1) is 5.75 Å². The maximum atomic E-state index is 12.0. The van der Waals surface area contributed by atoms with Crippen LogP contribution in [-0.2, 0) is 14.6 Å². The van der Waals surface area contributed by atoms with Gasteiger partial charge in [0.1, 0.15) is 11.3 Å². The summed E-state index contributed by atoms with van der Waals surface area (Å²) < 4.78 is 29.5. The first kappa shape index (κ1) is 18.1. The molecule has 0 atom stereocenters. The average Bonchev–Trinajstić information content (AvgIpc) is 2.97. The summed E-state index contributed by atoms with van der Waals surface area (Å²) >= 11 is 0. The highest BCUT2D eigenvalue weighted by Gasteiger charge is 2.18. The predicted molar refractivity (Wildman–Crippen MR) is 102 cm³/mol. The monoisotopic (exact) mass is 372 g/mol. The molecule has 0 spiro atoms. The Bertz CT molecular complexity index is 988. The van der Waals surface area contributed by atoms with E-state index >= 15 is 0 Å². The zero-order chi connectivity index (χ0) is 18.7. The highest BCUT2D eigenvalue weighted by molar-refractivity contribution is 7.92. The van der Waals surface area contributed by atoms with Gasteiger partial charge in [0.15, 0.2) is 15.4 Å². The van der Waals surface area contributed by atoms with Crippen LogP contribution in [0.4, 0.5) is 5.69 Å². The van der Waals surface area contributed by atoms with Crippen molar-refractivity contribution in [2.45, 2.75) is 13.8 Å². The fourth-order valence-electron chi connectivity index (χ4n) is 2.66. The van der Waals surface area contributed by atoms with Gasteiger partial charge in [0.25, 0.3) is 0 Å². The number of fused-ring (bicyclic) bond motifs is 1. The van der Waals surface area contributed by atoms with Crippen molar-refractivity contribution >= 4 is 32.5 Å². The lowest BCUT2D eigenvalue weighted by molar-refractivity contribution is -0.113. The number of amides is 1. The fraction of sp³-hybridized carbons (Fsp3) is 0.263. The Labute approximate surface area is 152 Å². The molecular formula is C19H20N2O4S. The molecule has 0 saturated carbocycles. The number of hydrogen-bond acceptors (Lipinski definition) is 5. The minimum absolute atomic E-state index is 0.00290. The number of nitrogens with one attached hydrogen (secondary N) is 1. The van der Waals surface area contributed by atoms with Crippen LogP contribution < -0.4 is 5.32 Å². The predicted octanol–water partition coefficient (Wildman–Crippen LogP) is 3.50. The molecule has 0 radical (unpaired) electrons. The van der Waals surface area contributed by atoms with Gasteiger partial charge in [-0.25, -0.2) is 13.4 Å². The first-order valence-corrected chi connectivity index (χ1v) is 10.1. The van der Waals surface area contributed by atoms with Crippen molar-refractivity contribution in [2.75, 3.05) is 16.8 Å². The molecule has 3 rings (SSSR count). The van der Waals surface area contributed by atoms with E-state index in [1.807, 2.05) is 24.3 Å². The quantitative estimate of drug-likeness (QED) is 0.715. The summed E-state index contributed by atoms with van der Waals surface area (Å²) in [5, 5.41) is 2.61. The summed E-state index contributed by atoms with van der Waals surface area (Å²) in [5.74, 6) is -0.581. The van der Waals surface area contributed by atoms with Crippen molar-refractivity contribution in [3.63, 3.8) is 0 Å². The summed E-state index contributed by atoms with van der Waals surface area (Å²) in [6, 6.07) is 14.4. The minimum Gasteiger partial charge on any atom is -0.436 e. The Kier molecular flexibility index (Phi) is 5.08. The number of rotatable bonds is 6. The van der Waals surface area contributed by atoms with Gasteiger partial charge >= 0.3 is 0 Å². The first-order chi connectivity index (χ1) is 12.3. The Morgan fingerprint density at radius 2 is 1.81 bits per heavy atom. The number of benzene rings is 2. The molecule has 2 aromatic carbocycles. The van der Waals surface area contributed by atoms with Crippen LogP contribution in [0, 0.1) is 5.92 Å². The molecule has 0 fully saturated rings. The van der Waals surface area contributed by atoms with E-state index in [2.05, 4.69) is 10.3 Å². The van der Waals surface area contributed by atoms with E-state index in [4.69, 9.17) is 4.42 Å². The number of nitrogens with zero attached hydrogens (tertiary/aromatic N) is 1. The lowest BCUT2D eigenvalue weighted by Gasteiger charge is -2.08. The standard InChI is InChI=1S/C19H20N2O4S/c1-13(2)11-26(23,24)12-18(22)20-15-9-7-14(8-10-15)19-21-16-5-3-4-6-17(16)25-19/h3-10,13H,11-12H2,1-2H3,(H,20,22). The average molecular weight is 372 g/mol. The molecule has 0 bridgehead atoms. The summed E-state index contributed by atoms with van der Waals surface area (Å²) in [6.07, 6.45) is 0. The zero-order valence-corrected chi connectivity index (χ0v) is 15.4. The third-order valence-corrected chi connectivity index (χ3v) is 5.52. The number of carbonyl (C=O) groups excluding carboxylic acids is 1. The molecule has 3 aromatic rings. The van der Waals surface area contributed by atoms with Crippen LogP contribution in [-0.4, -0.2) is 30.8 Å². The second-order valence-corrected chi connectivity index (χ2v) is 8.67. The number of carbonyl (C=O) groups is 1. The summed E-state index contributed by atoms with van der Waals surface area (Å²) in [6.45, 7) is 3.61. The van der Waals surface area contributed by atoms with Crippen LogP contribution in [0.5, 0.6) is 0 Å². The molecule has 7 heteroatoms. The molecule has 1 N–H and O–H groups in total. The van der Waals surface area contributed by atoms with Gasteiger partial charge < -0.3 is 9.73 Å². The Morgan fingerprint density at radius 3 is 2.46 bits per heavy atom. The number of sulfone groups is 1. The van der Waals surface area contributed by atoms with E-state index in [9.17, 15) is 13.2 Å². The van der Waals surface area contributed by atoms with Gasteiger partial charge in [0.2, 0.25) is 11.8 Å². The number of hydrogen-bond donors (Lipinski definition) is 1. The molecular weight excluding hydrogens is 352 g/mol. The molecule has 136 valence electrons. The smallest absolute Gasteiger partial charge is 0.239 e. The largest absolute Gasteiger partial charge is 0.436 e. The summed E-state index contributed by atoms with van der Waals surface area (Å²) in [4.78, 5) is 16.4. The van der Waals surface area contributed by atoms with Crippen molar-refractivity contribution in [3.8, 4) is 11.5 Å². The fourth-order valence-corrected chi connectivity index (χ4v) is 4.26. The van der Waals surface area contributed by atoms with Crippen LogP contribution in [0.1, 0.15) is 13.8 Å². The van der Waals surface area contributed by atoms with Crippen LogP contribution in [0.3, 0.4) is 0 Å². The van der Waals surface area contributed by atoms with Gasteiger partial charge in [-0.15, -0.1) is 0 Å². The van der Waals surface area contributed by atoms with Crippen molar-refractivity contribution in [1.82, 2.24) is 4.98 Å². The third-order valence-electron chi connectivity index (χ3n) is 3.65. The van der Waals surface area contributed by atoms with Gasteiger partial charge in [-0.1, -0.05) is 26.0 Å². The van der Waals surface area contributed by atoms with Gasteiger partial charge in [-0.3, -0.25) is 4.79 Å². The highest BCUT2D eigenvalue weighted by Crippen LogP contribution is 2.25. The molecule has 0 aliphatic heterocycles. The van der Waals surface area contributed by atoms with Gasteiger partial charge in [-0.2, -0.15) is 0 Å². The van der Waals surface area contributed by atoms with E-state index in [0.29, 0.717) is 17.2 Å². The summed E-state index contributed by atoms with van der Waals surface area (Å²) in [5.41, 5.74) is 2.77. The maximum absolute atomic E-state index is 12.0. The van der Waals surface area contributed by atoms with Crippen molar-refractivity contribution in [3.05, 3.63) is 48.5 Å². The second-order valence-electron chi connectivity index (χ2n) is 6.56. The number of aromatic nitrogens is 1. The zero-order valence-electron chi connectivity index (χ0n) is 14.6. The van der Waals surface area contributed by atoms with Crippen LogP contribution >= 0.6 is 0 Å². The molecule has 0 aliphatic rings. The minimum atomic E-state index is -3.40. The van der Waals surface area contributed by atoms with Crippen LogP contribution in [0.25, 0.3) is 22.6 Å². The molecule has 6 nitrogen and oxygen atoms in total. The SMILES string of the molecule is CC(C)CS(=O)(=O)CC(=O)Nc1ccc(-c2nc3ccccc3o2)cc1. The molecule has 0 saturated heterocycles. The normalized spacial score (nSPS) is 11.8. The molecule has 1 heterocycles. The number of oxazole rings is 1. The van der Waals surface area contributed by atoms with E-state index in [0.717, 1.165) is 11.1 Å². The number of para-hydroxylation sites is 2. The Morgan fingerprint density at radius 1 is 1.12 bits per heavy atom. The van der Waals surface area contributed by atoms with E-state index in [-0.39, 0.29) is 11.7 Å². The lowest BCUT2D eigenvalue weighted by atomic mass is 10.2. The van der Waals surface area contributed by atoms with Crippen LogP contribution in [0.2, 0.25) is 0 Å². The van der Waals surface area contributed by atoms with Gasteiger partial charge in [-0.05, 0) is 42.3 Å². The third kappa shape index (κ3) is 4.49. The number of anilines is 1. The lowest BCUT2D eigenvalue weighted by Crippen LogP contribution is -2.26. The van der Waals surface area contributed by atoms with E-state index in [1.165, 1.54) is 0 Å². The van der Waals surface area contributed by atoms with E-state index < -0.39 is 21.5 Å². The van der Waals surface area contributed by atoms with Crippen molar-refractivity contribution < 1.29 is 17.6 Å². The molecule has 1 aromatic heterocycles. The highest BCUT2D eigenvalue weighted by atomic mass is 32.2. The van der Waals surface area contributed by atoms with Crippen molar-refractivity contribution in [1.29, 1.82) is 0 Å². The molecule has 1 amide bonds. The Hall–Kier alpha value is -2.67. The molecule has 26 heavy (non-hydrogen) atoms. The maximum Gasteiger partial charge on any atom is 0.239 e. The van der Waals surface area contributed by atoms with Gasteiger partial charge in [0, 0.05) is 11.3 Å². The van der Waals surface area contributed by atoms with E-state index in [1.54, 1.807) is 38.1 Å².